The summed E-state index contributed by atoms with van der Waals surface area (Å²) in [4.78, 5) is 24.9. The predicted octanol–water partition coefficient (Wildman–Crippen LogP) is 2.15. The van der Waals surface area contributed by atoms with Gasteiger partial charge in [-0.1, -0.05) is 0 Å². The van der Waals surface area contributed by atoms with Gasteiger partial charge in [-0.05, 0) is 28.1 Å². The molecule has 0 aromatic carbocycles. The van der Waals surface area contributed by atoms with Crippen molar-refractivity contribution in [3.05, 3.63) is 20.8 Å². The lowest BCUT2D eigenvalue weighted by Gasteiger charge is -2.15. The van der Waals surface area contributed by atoms with Crippen LogP contribution in [0.4, 0.5) is 0 Å². The highest BCUT2D eigenvalue weighted by atomic mass is 79.9. The first-order valence-electron chi connectivity index (χ1n) is 4.62. The van der Waals surface area contributed by atoms with E-state index < -0.39 is 0 Å². The zero-order valence-corrected chi connectivity index (χ0v) is 11.4. The third-order valence-electron chi connectivity index (χ3n) is 2.01. The van der Waals surface area contributed by atoms with Gasteiger partial charge >= 0.3 is 5.97 Å². The van der Waals surface area contributed by atoms with Crippen molar-refractivity contribution in [2.75, 3.05) is 20.7 Å². The summed E-state index contributed by atoms with van der Waals surface area (Å²) in [5, 5.41) is 0. The molecule has 0 saturated carbocycles. The number of thiophene rings is 1. The van der Waals surface area contributed by atoms with Crippen LogP contribution in [0.3, 0.4) is 0 Å². The Kier molecular flexibility index (Phi) is 4.95. The summed E-state index contributed by atoms with van der Waals surface area (Å²) >= 11 is 4.67. The Bertz CT molecular complexity index is 391. The normalized spacial score (nSPS) is 9.94. The Morgan fingerprint density at radius 3 is 2.69 bits per heavy atom. The van der Waals surface area contributed by atoms with Crippen LogP contribution in [-0.2, 0) is 9.53 Å². The molecule has 0 aliphatic rings. The number of carbonyl (C=O) groups is 2. The summed E-state index contributed by atoms with van der Waals surface area (Å²) < 4.78 is 5.42. The third kappa shape index (κ3) is 3.61. The molecule has 1 aromatic rings. The minimum Gasteiger partial charge on any atom is -0.469 e. The minimum absolute atomic E-state index is 0.0837. The zero-order valence-electron chi connectivity index (χ0n) is 9.03. The van der Waals surface area contributed by atoms with Gasteiger partial charge in [0.2, 0.25) is 0 Å². The van der Waals surface area contributed by atoms with E-state index in [1.807, 2.05) is 6.07 Å². The van der Waals surface area contributed by atoms with Gasteiger partial charge in [0.25, 0.3) is 5.91 Å². The van der Waals surface area contributed by atoms with E-state index in [2.05, 4.69) is 20.7 Å². The molecule has 0 bridgehead atoms. The molecule has 88 valence electrons. The standard InChI is InChI=1S/C10H12BrNO3S/c1-12(6-5-9(13)15-2)10(14)7-3-4-8(11)16-7/h3-4H,5-6H2,1-2H3. The van der Waals surface area contributed by atoms with E-state index in [0.717, 1.165) is 3.79 Å². The Morgan fingerprint density at radius 1 is 1.50 bits per heavy atom. The fraction of sp³-hybridized carbons (Fsp3) is 0.400. The first-order valence-corrected chi connectivity index (χ1v) is 6.23. The summed E-state index contributed by atoms with van der Waals surface area (Å²) in [5.74, 6) is -0.397. The molecular weight excluding hydrogens is 294 g/mol. The number of esters is 1. The van der Waals surface area contributed by atoms with Gasteiger partial charge in [0.15, 0.2) is 0 Å². The lowest BCUT2D eigenvalue weighted by Crippen LogP contribution is -2.28. The number of rotatable bonds is 4. The van der Waals surface area contributed by atoms with E-state index in [-0.39, 0.29) is 18.3 Å². The molecule has 0 saturated heterocycles. The van der Waals surface area contributed by atoms with Crippen molar-refractivity contribution in [3.63, 3.8) is 0 Å². The first kappa shape index (κ1) is 13.2. The maximum atomic E-state index is 11.8. The summed E-state index contributed by atoms with van der Waals surface area (Å²) in [6.07, 6.45) is 0.214. The van der Waals surface area contributed by atoms with Crippen LogP contribution in [0.5, 0.6) is 0 Å². The van der Waals surface area contributed by atoms with Gasteiger partial charge < -0.3 is 9.64 Å². The number of hydrogen-bond donors (Lipinski definition) is 0. The molecule has 16 heavy (non-hydrogen) atoms. The fourth-order valence-corrected chi connectivity index (χ4v) is 2.46. The van der Waals surface area contributed by atoms with Gasteiger partial charge in [0, 0.05) is 13.6 Å². The highest BCUT2D eigenvalue weighted by Crippen LogP contribution is 2.22. The van der Waals surface area contributed by atoms with E-state index in [0.29, 0.717) is 11.4 Å². The van der Waals surface area contributed by atoms with E-state index in [4.69, 9.17) is 0 Å². The SMILES string of the molecule is COC(=O)CCN(C)C(=O)c1ccc(Br)s1. The summed E-state index contributed by atoms with van der Waals surface area (Å²) in [5.41, 5.74) is 0. The smallest absolute Gasteiger partial charge is 0.307 e. The largest absolute Gasteiger partial charge is 0.469 e. The molecule has 0 N–H and O–H groups in total. The van der Waals surface area contributed by atoms with Crippen molar-refractivity contribution in [3.8, 4) is 0 Å². The van der Waals surface area contributed by atoms with Crippen LogP contribution in [0.15, 0.2) is 15.9 Å². The predicted molar refractivity (Wildman–Crippen MR) is 65.6 cm³/mol. The van der Waals surface area contributed by atoms with E-state index in [1.54, 1.807) is 13.1 Å². The van der Waals surface area contributed by atoms with Crippen molar-refractivity contribution in [2.45, 2.75) is 6.42 Å². The molecular formula is C10H12BrNO3S. The van der Waals surface area contributed by atoms with Crippen LogP contribution in [-0.4, -0.2) is 37.5 Å². The Labute approximate surface area is 106 Å². The number of nitrogens with zero attached hydrogens (tertiary/aromatic N) is 1. The van der Waals surface area contributed by atoms with Gasteiger partial charge in [0.05, 0.1) is 22.2 Å². The van der Waals surface area contributed by atoms with Crippen molar-refractivity contribution < 1.29 is 14.3 Å². The summed E-state index contributed by atoms with van der Waals surface area (Å²) in [6, 6.07) is 3.58. The molecule has 1 amide bonds. The van der Waals surface area contributed by atoms with Gasteiger partial charge in [-0.15, -0.1) is 11.3 Å². The number of ether oxygens (including phenoxy) is 1. The van der Waals surface area contributed by atoms with Crippen molar-refractivity contribution in [1.82, 2.24) is 4.90 Å². The highest BCUT2D eigenvalue weighted by Gasteiger charge is 2.14. The van der Waals surface area contributed by atoms with Gasteiger partial charge in [0.1, 0.15) is 0 Å². The van der Waals surface area contributed by atoms with Crippen LogP contribution in [0, 0.1) is 0 Å². The van der Waals surface area contributed by atoms with Crippen LogP contribution in [0.25, 0.3) is 0 Å². The maximum absolute atomic E-state index is 11.8. The second-order valence-corrected chi connectivity index (χ2v) is 5.62. The summed E-state index contributed by atoms with van der Waals surface area (Å²) in [7, 11) is 3.00. The third-order valence-corrected chi connectivity index (χ3v) is 3.62. The van der Waals surface area contributed by atoms with E-state index >= 15 is 0 Å². The molecule has 4 nitrogen and oxygen atoms in total. The molecule has 0 aliphatic heterocycles. The molecule has 6 heteroatoms. The maximum Gasteiger partial charge on any atom is 0.307 e. The molecule has 0 fully saturated rings. The van der Waals surface area contributed by atoms with E-state index in [1.165, 1.54) is 23.3 Å². The second kappa shape index (κ2) is 6.00. The molecule has 1 rings (SSSR count). The van der Waals surface area contributed by atoms with Crippen LogP contribution in [0.2, 0.25) is 0 Å². The highest BCUT2D eigenvalue weighted by molar-refractivity contribution is 9.11. The monoisotopic (exact) mass is 305 g/mol. The molecule has 0 unspecified atom stereocenters. The fourth-order valence-electron chi connectivity index (χ4n) is 1.08. The second-order valence-electron chi connectivity index (χ2n) is 3.16. The van der Waals surface area contributed by atoms with Gasteiger partial charge in [-0.25, -0.2) is 0 Å². The zero-order chi connectivity index (χ0) is 12.1. The van der Waals surface area contributed by atoms with Crippen LogP contribution < -0.4 is 0 Å². The molecule has 0 spiro atoms. The van der Waals surface area contributed by atoms with Crippen LogP contribution in [0.1, 0.15) is 16.1 Å². The number of amides is 1. The average Bonchev–Trinajstić information content (AvgIpc) is 2.71. The molecule has 0 radical (unpaired) electrons. The molecule has 1 aromatic heterocycles. The molecule has 0 aliphatic carbocycles. The molecule has 0 atom stereocenters. The number of hydrogen-bond acceptors (Lipinski definition) is 4. The lowest BCUT2D eigenvalue weighted by atomic mass is 10.3. The van der Waals surface area contributed by atoms with E-state index in [9.17, 15) is 9.59 Å². The minimum atomic E-state index is -0.313. The Balaban J connectivity index is 2.51. The van der Waals surface area contributed by atoms with Gasteiger partial charge in [-0.3, -0.25) is 9.59 Å². The number of methoxy groups -OCH3 is 1. The van der Waals surface area contributed by atoms with Crippen molar-refractivity contribution >= 4 is 39.1 Å². The Morgan fingerprint density at radius 2 is 2.19 bits per heavy atom. The molecule has 1 heterocycles. The van der Waals surface area contributed by atoms with Gasteiger partial charge in [-0.2, -0.15) is 0 Å². The Hall–Kier alpha value is -0.880. The lowest BCUT2D eigenvalue weighted by molar-refractivity contribution is -0.140. The quantitative estimate of drug-likeness (QED) is 0.801. The number of carbonyl (C=O) groups excluding carboxylic acids is 2. The number of halogens is 1. The first-order chi connectivity index (χ1) is 7.54. The topological polar surface area (TPSA) is 46.6 Å². The summed E-state index contributed by atoms with van der Waals surface area (Å²) in [6.45, 7) is 0.362. The van der Waals surface area contributed by atoms with Crippen molar-refractivity contribution in [1.29, 1.82) is 0 Å². The van der Waals surface area contributed by atoms with Crippen LogP contribution >= 0.6 is 27.3 Å². The van der Waals surface area contributed by atoms with Crippen molar-refractivity contribution in [2.24, 2.45) is 0 Å². The average molecular weight is 306 g/mol.